The van der Waals surface area contributed by atoms with Crippen LogP contribution >= 0.6 is 0 Å². The largest absolute Gasteiger partial charge is 0.280 e. The van der Waals surface area contributed by atoms with E-state index in [9.17, 15) is 8.42 Å². The van der Waals surface area contributed by atoms with Crippen molar-refractivity contribution in [2.75, 3.05) is 4.72 Å². The van der Waals surface area contributed by atoms with Gasteiger partial charge in [-0.2, -0.15) is 5.10 Å². The van der Waals surface area contributed by atoms with Crippen molar-refractivity contribution in [3.8, 4) is 0 Å². The molecule has 1 saturated carbocycles. The Morgan fingerprint density at radius 1 is 1.30 bits per heavy atom. The van der Waals surface area contributed by atoms with Gasteiger partial charge in [0, 0.05) is 23.7 Å². The summed E-state index contributed by atoms with van der Waals surface area (Å²) < 4.78 is 27.9. The minimum atomic E-state index is -3.53. The molecule has 0 unspecified atom stereocenters. The van der Waals surface area contributed by atoms with Crippen LogP contribution in [0.4, 0.5) is 5.69 Å². The number of rotatable bonds is 6. The van der Waals surface area contributed by atoms with E-state index in [-0.39, 0.29) is 0 Å². The summed E-state index contributed by atoms with van der Waals surface area (Å²) in [5.74, 6) is 0. The number of hydrogen-bond acceptors (Lipinski definition) is 5. The summed E-state index contributed by atoms with van der Waals surface area (Å²) in [6.07, 6.45) is 8.63. The van der Waals surface area contributed by atoms with Crippen LogP contribution in [0.15, 0.2) is 48.8 Å². The van der Waals surface area contributed by atoms with E-state index in [0.29, 0.717) is 18.2 Å². The average Bonchev–Trinajstić information content (AvgIpc) is 3.30. The highest BCUT2D eigenvalue weighted by Gasteiger charge is 2.22. The van der Waals surface area contributed by atoms with Crippen molar-refractivity contribution in [1.29, 1.82) is 0 Å². The van der Waals surface area contributed by atoms with Crippen LogP contribution in [-0.4, -0.2) is 28.2 Å². The zero-order chi connectivity index (χ0) is 18.9. The van der Waals surface area contributed by atoms with Crippen molar-refractivity contribution >= 4 is 26.7 Å². The summed E-state index contributed by atoms with van der Waals surface area (Å²) >= 11 is 0. The Hall–Kier alpha value is -2.74. The fourth-order valence-electron chi connectivity index (χ4n) is 3.62. The van der Waals surface area contributed by atoms with Gasteiger partial charge in [0.2, 0.25) is 0 Å². The Kier molecular flexibility index (Phi) is 4.65. The predicted octanol–water partition coefficient (Wildman–Crippen LogP) is 3.42. The summed E-state index contributed by atoms with van der Waals surface area (Å²) in [4.78, 5) is 8.62. The van der Waals surface area contributed by atoms with Crippen LogP contribution in [0.3, 0.4) is 0 Å². The Morgan fingerprint density at radius 2 is 2.11 bits per heavy atom. The quantitative estimate of drug-likeness (QED) is 0.704. The fraction of sp³-hybridized carbons (Fsp3) is 0.316. The molecule has 1 fully saturated rings. The molecule has 8 heteroatoms. The van der Waals surface area contributed by atoms with Gasteiger partial charge in [0.25, 0.3) is 10.0 Å². The number of nitrogens with zero attached hydrogens (tertiary/aromatic N) is 4. The van der Waals surface area contributed by atoms with Crippen molar-refractivity contribution < 1.29 is 8.42 Å². The summed E-state index contributed by atoms with van der Waals surface area (Å²) in [6, 6.07) is 7.69. The Labute approximate surface area is 158 Å². The van der Waals surface area contributed by atoms with Crippen molar-refractivity contribution in [3.63, 3.8) is 0 Å². The van der Waals surface area contributed by atoms with E-state index in [0.717, 1.165) is 40.5 Å². The van der Waals surface area contributed by atoms with Gasteiger partial charge in [0.1, 0.15) is 6.33 Å². The van der Waals surface area contributed by atoms with Crippen LogP contribution < -0.4 is 4.72 Å². The van der Waals surface area contributed by atoms with Crippen LogP contribution in [0.1, 0.15) is 43.0 Å². The number of fused-ring (bicyclic) bond motifs is 1. The van der Waals surface area contributed by atoms with E-state index in [1.165, 1.54) is 12.8 Å². The minimum absolute atomic E-state index is 0.391. The maximum atomic E-state index is 11.7. The third-order valence-electron chi connectivity index (χ3n) is 4.90. The number of hydrogen-bond donors (Lipinski definition) is 1. The van der Waals surface area contributed by atoms with Crippen molar-refractivity contribution in [2.24, 2.45) is 0 Å². The molecule has 0 spiro atoms. The van der Waals surface area contributed by atoms with Crippen LogP contribution in [0.2, 0.25) is 0 Å². The topological polar surface area (TPSA) is 89.8 Å². The molecule has 3 aromatic rings. The Morgan fingerprint density at radius 3 is 2.89 bits per heavy atom. The second-order valence-electron chi connectivity index (χ2n) is 6.78. The second kappa shape index (κ2) is 7.11. The lowest BCUT2D eigenvalue weighted by Crippen LogP contribution is -2.09. The van der Waals surface area contributed by atoms with Crippen LogP contribution in [0.5, 0.6) is 0 Å². The standard InChI is InChI=1S/C19H21N5O2S/c1-2-27(25,26)23-15-7-5-6-14(10-15)11-18-17-12-20-13-21-19(17)24(22-18)16-8-3-4-9-16/h2,5-7,10,12-13,16,23H,1,3-4,8-9,11H2. The van der Waals surface area contributed by atoms with Crippen LogP contribution in [-0.2, 0) is 16.4 Å². The molecule has 2 aromatic heterocycles. The number of benzene rings is 1. The highest BCUT2D eigenvalue weighted by atomic mass is 32.2. The third kappa shape index (κ3) is 3.71. The summed E-state index contributed by atoms with van der Waals surface area (Å²) in [5.41, 5.74) is 3.24. The number of nitrogens with one attached hydrogen (secondary N) is 1. The molecule has 2 heterocycles. The molecule has 7 nitrogen and oxygen atoms in total. The van der Waals surface area contributed by atoms with Crippen molar-refractivity contribution in [1.82, 2.24) is 19.7 Å². The van der Waals surface area contributed by atoms with Gasteiger partial charge in [-0.1, -0.05) is 31.6 Å². The van der Waals surface area contributed by atoms with Crippen LogP contribution in [0.25, 0.3) is 11.0 Å². The molecule has 1 aliphatic carbocycles. The van der Waals surface area contributed by atoms with Gasteiger partial charge in [-0.3, -0.25) is 4.72 Å². The van der Waals surface area contributed by atoms with Gasteiger partial charge in [0.15, 0.2) is 5.65 Å². The molecule has 0 amide bonds. The van der Waals surface area contributed by atoms with Gasteiger partial charge < -0.3 is 0 Å². The molecule has 4 rings (SSSR count). The fourth-order valence-corrected chi connectivity index (χ4v) is 4.16. The predicted molar refractivity (Wildman–Crippen MR) is 105 cm³/mol. The first kappa shape index (κ1) is 17.7. The van der Waals surface area contributed by atoms with Crippen molar-refractivity contribution in [3.05, 3.63) is 60.0 Å². The second-order valence-corrected chi connectivity index (χ2v) is 8.41. The van der Waals surface area contributed by atoms with E-state index in [2.05, 4.69) is 21.3 Å². The molecule has 27 heavy (non-hydrogen) atoms. The molecule has 0 saturated heterocycles. The lowest BCUT2D eigenvalue weighted by Gasteiger charge is -2.10. The Balaban J connectivity index is 1.67. The average molecular weight is 383 g/mol. The maximum absolute atomic E-state index is 11.7. The molecule has 0 bridgehead atoms. The van der Waals surface area contributed by atoms with Gasteiger partial charge in [-0.25, -0.2) is 23.1 Å². The lowest BCUT2D eigenvalue weighted by molar-refractivity contribution is 0.475. The monoisotopic (exact) mass is 383 g/mol. The maximum Gasteiger partial charge on any atom is 0.254 e. The van der Waals surface area contributed by atoms with Gasteiger partial charge >= 0.3 is 0 Å². The highest BCUT2D eigenvalue weighted by molar-refractivity contribution is 7.95. The van der Waals surface area contributed by atoms with E-state index < -0.39 is 10.0 Å². The summed E-state index contributed by atoms with van der Waals surface area (Å²) in [5, 5.41) is 6.69. The van der Waals surface area contributed by atoms with Gasteiger partial charge in [-0.15, -0.1) is 0 Å². The smallest absolute Gasteiger partial charge is 0.254 e. The normalized spacial score (nSPS) is 15.3. The van der Waals surface area contributed by atoms with Crippen LogP contribution in [0, 0.1) is 0 Å². The van der Waals surface area contributed by atoms with E-state index in [4.69, 9.17) is 5.10 Å². The number of aromatic nitrogens is 4. The first-order valence-electron chi connectivity index (χ1n) is 8.97. The molecule has 0 radical (unpaired) electrons. The van der Waals surface area contributed by atoms with E-state index in [1.54, 1.807) is 18.6 Å². The summed E-state index contributed by atoms with van der Waals surface area (Å²) in [6.45, 7) is 3.32. The molecule has 1 aromatic carbocycles. The number of anilines is 1. The van der Waals surface area contributed by atoms with Gasteiger partial charge in [0.05, 0.1) is 17.1 Å². The first-order valence-corrected chi connectivity index (χ1v) is 10.5. The third-order valence-corrected chi connectivity index (χ3v) is 5.86. The number of sulfonamides is 1. The molecular formula is C19H21N5O2S. The molecular weight excluding hydrogens is 362 g/mol. The zero-order valence-electron chi connectivity index (χ0n) is 14.9. The van der Waals surface area contributed by atoms with Gasteiger partial charge in [-0.05, 0) is 30.5 Å². The van der Waals surface area contributed by atoms with E-state index in [1.807, 2.05) is 22.9 Å². The van der Waals surface area contributed by atoms with Crippen molar-refractivity contribution in [2.45, 2.75) is 38.1 Å². The SMILES string of the molecule is C=CS(=O)(=O)Nc1cccc(Cc2nn(C3CCCC3)c3ncncc23)c1. The summed E-state index contributed by atoms with van der Waals surface area (Å²) in [7, 11) is -3.53. The highest BCUT2D eigenvalue weighted by Crippen LogP contribution is 2.32. The molecule has 140 valence electrons. The van der Waals surface area contributed by atoms with E-state index >= 15 is 0 Å². The molecule has 0 aliphatic heterocycles. The molecule has 0 atom stereocenters. The zero-order valence-corrected chi connectivity index (χ0v) is 15.7. The first-order chi connectivity index (χ1) is 13.1. The molecule has 1 N–H and O–H groups in total. The minimum Gasteiger partial charge on any atom is -0.280 e. The Bertz CT molecular complexity index is 1080. The molecule has 1 aliphatic rings. The lowest BCUT2D eigenvalue weighted by atomic mass is 10.1.